The fourth-order valence-electron chi connectivity index (χ4n) is 2.74. The monoisotopic (exact) mass is 356 g/mol. The Morgan fingerprint density at radius 3 is 2.46 bits per heavy atom. The number of nitrogens with zero attached hydrogens (tertiary/aromatic N) is 1. The van der Waals surface area contributed by atoms with E-state index in [9.17, 15) is 18.8 Å². The Morgan fingerprint density at radius 2 is 1.77 bits per heavy atom. The van der Waals surface area contributed by atoms with Crippen LogP contribution in [0.5, 0.6) is 0 Å². The normalized spacial score (nSPS) is 13.1. The van der Waals surface area contributed by atoms with Gasteiger partial charge in [-0.2, -0.15) is 0 Å². The molecule has 0 aliphatic carbocycles. The van der Waals surface area contributed by atoms with Crippen LogP contribution in [0.1, 0.15) is 37.5 Å². The maximum atomic E-state index is 12.9. The Morgan fingerprint density at radius 1 is 1.08 bits per heavy atom. The van der Waals surface area contributed by atoms with Gasteiger partial charge in [-0.15, -0.1) is 0 Å². The van der Waals surface area contributed by atoms with Crippen molar-refractivity contribution < 1.29 is 23.5 Å². The molecule has 6 nitrogen and oxygen atoms in total. The van der Waals surface area contributed by atoms with Crippen molar-refractivity contribution in [1.82, 2.24) is 4.90 Å². The Hall–Kier alpha value is -3.06. The second kappa shape index (κ2) is 7.45. The quantitative estimate of drug-likeness (QED) is 0.638. The highest BCUT2D eigenvalue weighted by Crippen LogP contribution is 2.24. The van der Waals surface area contributed by atoms with E-state index in [0.717, 1.165) is 4.90 Å². The summed E-state index contributed by atoms with van der Waals surface area (Å²) in [7, 11) is 1.55. The average Bonchev–Trinajstić information content (AvgIpc) is 2.88. The number of rotatable bonds is 6. The number of methoxy groups -OCH3 is 1. The summed E-state index contributed by atoms with van der Waals surface area (Å²) in [5, 5.41) is 2.62. The highest BCUT2D eigenvalue weighted by Gasteiger charge is 2.35. The van der Waals surface area contributed by atoms with E-state index in [2.05, 4.69) is 5.32 Å². The van der Waals surface area contributed by atoms with Crippen molar-refractivity contribution in [2.75, 3.05) is 25.6 Å². The number of anilines is 1. The number of imide groups is 1. The molecule has 1 aliphatic heterocycles. The summed E-state index contributed by atoms with van der Waals surface area (Å²) in [4.78, 5) is 38.3. The number of benzene rings is 2. The summed E-state index contributed by atoms with van der Waals surface area (Å²) in [5.41, 5.74) is 1.17. The van der Waals surface area contributed by atoms with Gasteiger partial charge in [0.15, 0.2) is 0 Å². The molecule has 0 atom stereocenters. The maximum Gasteiger partial charge on any atom is 0.261 e. The second-order valence-corrected chi connectivity index (χ2v) is 5.83. The Balaban J connectivity index is 1.77. The van der Waals surface area contributed by atoms with Gasteiger partial charge in [0.2, 0.25) is 0 Å². The van der Waals surface area contributed by atoms with Crippen LogP contribution in [0.3, 0.4) is 0 Å². The summed E-state index contributed by atoms with van der Waals surface area (Å²) in [5.74, 6) is -1.64. The molecule has 0 saturated heterocycles. The maximum absolute atomic E-state index is 12.9. The van der Waals surface area contributed by atoms with Crippen LogP contribution in [0.25, 0.3) is 0 Å². The van der Waals surface area contributed by atoms with E-state index >= 15 is 0 Å². The zero-order chi connectivity index (χ0) is 18.7. The summed E-state index contributed by atoms with van der Waals surface area (Å²) >= 11 is 0. The Bertz CT molecular complexity index is 864. The van der Waals surface area contributed by atoms with E-state index in [4.69, 9.17) is 4.74 Å². The molecule has 0 fully saturated rings. The molecule has 2 aromatic carbocycles. The number of hydrogen-bond donors (Lipinski definition) is 1. The minimum absolute atomic E-state index is 0.208. The lowest BCUT2D eigenvalue weighted by atomic mass is 10.1. The van der Waals surface area contributed by atoms with Crippen molar-refractivity contribution in [3.63, 3.8) is 0 Å². The average molecular weight is 356 g/mol. The lowest BCUT2D eigenvalue weighted by molar-refractivity contribution is 0.0638. The molecule has 1 aliphatic rings. The molecule has 7 heteroatoms. The van der Waals surface area contributed by atoms with Crippen LogP contribution in [0.4, 0.5) is 10.1 Å². The summed E-state index contributed by atoms with van der Waals surface area (Å²) in [6, 6.07) is 9.72. The number of fused-ring (bicyclic) bond motifs is 1. The van der Waals surface area contributed by atoms with Gasteiger partial charge in [-0.25, -0.2) is 4.39 Å². The van der Waals surface area contributed by atoms with Gasteiger partial charge in [0.05, 0.1) is 11.1 Å². The second-order valence-electron chi connectivity index (χ2n) is 5.83. The topological polar surface area (TPSA) is 75.7 Å². The number of hydrogen-bond acceptors (Lipinski definition) is 4. The summed E-state index contributed by atoms with van der Waals surface area (Å²) in [6.07, 6.45) is 0.542. The van der Waals surface area contributed by atoms with E-state index < -0.39 is 17.6 Å². The molecule has 3 rings (SSSR count). The van der Waals surface area contributed by atoms with Gasteiger partial charge in [0.1, 0.15) is 5.82 Å². The molecule has 1 N–H and O–H groups in total. The van der Waals surface area contributed by atoms with Gasteiger partial charge >= 0.3 is 0 Å². The number of ether oxygens (including phenoxy) is 1. The van der Waals surface area contributed by atoms with Crippen molar-refractivity contribution in [2.45, 2.75) is 6.42 Å². The highest BCUT2D eigenvalue weighted by molar-refractivity contribution is 6.22. The van der Waals surface area contributed by atoms with Crippen molar-refractivity contribution in [3.05, 3.63) is 65.0 Å². The van der Waals surface area contributed by atoms with Gasteiger partial charge in [-0.3, -0.25) is 19.3 Å². The van der Waals surface area contributed by atoms with E-state index in [0.29, 0.717) is 18.7 Å². The SMILES string of the molecule is COCCCN1C(=O)c2ccc(C(=O)Nc3ccc(F)cc3)cc2C1=O. The minimum atomic E-state index is -0.447. The molecule has 0 bridgehead atoms. The third-order valence-electron chi connectivity index (χ3n) is 4.07. The summed E-state index contributed by atoms with van der Waals surface area (Å²) < 4.78 is 17.9. The predicted molar refractivity (Wildman–Crippen MR) is 92.7 cm³/mol. The van der Waals surface area contributed by atoms with E-state index in [1.54, 1.807) is 7.11 Å². The van der Waals surface area contributed by atoms with Crippen LogP contribution < -0.4 is 5.32 Å². The van der Waals surface area contributed by atoms with Crippen LogP contribution >= 0.6 is 0 Å². The fourth-order valence-corrected chi connectivity index (χ4v) is 2.74. The minimum Gasteiger partial charge on any atom is -0.385 e. The zero-order valence-electron chi connectivity index (χ0n) is 14.1. The lowest BCUT2D eigenvalue weighted by Crippen LogP contribution is -2.31. The first-order valence-corrected chi connectivity index (χ1v) is 8.07. The standard InChI is InChI=1S/C19H17FN2O4/c1-26-10-2-9-22-18(24)15-8-3-12(11-16(15)19(22)25)17(23)21-14-6-4-13(20)5-7-14/h3-8,11H,2,9-10H2,1H3,(H,21,23). The van der Waals surface area contributed by atoms with E-state index in [1.807, 2.05) is 0 Å². The predicted octanol–water partition coefficient (Wildman–Crippen LogP) is 2.71. The number of amides is 3. The highest BCUT2D eigenvalue weighted by atomic mass is 19.1. The first-order chi connectivity index (χ1) is 12.5. The number of halogens is 1. The van der Waals surface area contributed by atoms with Crippen molar-refractivity contribution >= 4 is 23.4 Å². The van der Waals surface area contributed by atoms with E-state index in [-0.39, 0.29) is 29.1 Å². The number of carbonyl (C=O) groups excluding carboxylic acids is 3. The summed E-state index contributed by atoms with van der Waals surface area (Å²) in [6.45, 7) is 0.704. The molecular formula is C19H17FN2O4. The Kier molecular flexibility index (Phi) is 5.09. The van der Waals surface area contributed by atoms with Crippen LogP contribution in [-0.2, 0) is 4.74 Å². The molecule has 0 unspecified atom stereocenters. The zero-order valence-corrected chi connectivity index (χ0v) is 14.1. The third kappa shape index (κ3) is 3.48. The molecule has 0 radical (unpaired) electrons. The molecule has 26 heavy (non-hydrogen) atoms. The molecule has 0 spiro atoms. The van der Waals surface area contributed by atoms with E-state index in [1.165, 1.54) is 42.5 Å². The fraction of sp³-hybridized carbons (Fsp3) is 0.211. The molecule has 0 saturated carbocycles. The molecule has 134 valence electrons. The smallest absolute Gasteiger partial charge is 0.261 e. The Labute approximate surface area is 149 Å². The van der Waals surface area contributed by atoms with Gasteiger partial charge in [0.25, 0.3) is 17.7 Å². The van der Waals surface area contributed by atoms with Gasteiger partial charge in [-0.05, 0) is 48.9 Å². The van der Waals surface area contributed by atoms with Crippen molar-refractivity contribution in [2.24, 2.45) is 0 Å². The first-order valence-electron chi connectivity index (χ1n) is 8.07. The van der Waals surface area contributed by atoms with Crippen LogP contribution in [0.15, 0.2) is 42.5 Å². The first kappa shape index (κ1) is 17.8. The number of nitrogens with one attached hydrogen (secondary N) is 1. The molecule has 1 heterocycles. The lowest BCUT2D eigenvalue weighted by Gasteiger charge is -2.12. The number of carbonyl (C=O) groups is 3. The van der Waals surface area contributed by atoms with Crippen molar-refractivity contribution in [1.29, 1.82) is 0 Å². The van der Waals surface area contributed by atoms with Crippen LogP contribution in [0.2, 0.25) is 0 Å². The third-order valence-corrected chi connectivity index (χ3v) is 4.07. The largest absolute Gasteiger partial charge is 0.385 e. The molecule has 2 aromatic rings. The van der Waals surface area contributed by atoms with Crippen LogP contribution in [0, 0.1) is 5.82 Å². The van der Waals surface area contributed by atoms with Gasteiger partial charge in [-0.1, -0.05) is 0 Å². The molecule has 0 aromatic heterocycles. The molecule has 3 amide bonds. The van der Waals surface area contributed by atoms with Crippen LogP contribution in [-0.4, -0.2) is 42.9 Å². The van der Waals surface area contributed by atoms with Gasteiger partial charge < -0.3 is 10.1 Å². The molecular weight excluding hydrogens is 339 g/mol. The van der Waals surface area contributed by atoms with Gasteiger partial charge in [0, 0.05) is 31.5 Å². The van der Waals surface area contributed by atoms with Crippen molar-refractivity contribution in [3.8, 4) is 0 Å².